The summed E-state index contributed by atoms with van der Waals surface area (Å²) in [5, 5.41) is 38.3. The second kappa shape index (κ2) is 24.9. The van der Waals surface area contributed by atoms with Gasteiger partial charge in [-0.25, -0.2) is 9.97 Å². The van der Waals surface area contributed by atoms with Crippen LogP contribution in [0.2, 0.25) is 0 Å². The van der Waals surface area contributed by atoms with Crippen LogP contribution in [0.3, 0.4) is 0 Å². The molecule has 0 bridgehead atoms. The van der Waals surface area contributed by atoms with E-state index in [1.807, 2.05) is 24.5 Å². The van der Waals surface area contributed by atoms with E-state index >= 15 is 0 Å². The van der Waals surface area contributed by atoms with Gasteiger partial charge >= 0.3 is 0 Å². The van der Waals surface area contributed by atoms with E-state index in [0.717, 1.165) is 33.4 Å². The molecule has 0 unspecified atom stereocenters. The number of nitrogens with zero attached hydrogens (tertiary/aromatic N) is 8. The van der Waals surface area contributed by atoms with Gasteiger partial charge in [0.1, 0.15) is 11.2 Å². The van der Waals surface area contributed by atoms with Crippen LogP contribution in [0.15, 0.2) is 389 Å². The van der Waals surface area contributed by atoms with Crippen LogP contribution in [0, 0.1) is 0 Å². The van der Waals surface area contributed by atoms with Crippen molar-refractivity contribution in [3.8, 4) is 0 Å². The Bertz CT molecular complexity index is 8080. The first kappa shape index (κ1) is 64.1. The van der Waals surface area contributed by atoms with Gasteiger partial charge in [-0.1, -0.05) is 285 Å². The third kappa shape index (κ3) is 9.08. The molecule has 28 aromatic rings. The maximum absolute atomic E-state index is 4.88. The lowest BCUT2D eigenvalue weighted by Gasteiger charge is -2.15. The molecule has 0 amide bonds. The van der Waals surface area contributed by atoms with Crippen LogP contribution in [0.4, 0.5) is 0 Å². The van der Waals surface area contributed by atoms with Crippen molar-refractivity contribution in [2.24, 2.45) is 0 Å². The second-order valence-electron chi connectivity index (χ2n) is 30.6. The molecule has 8 heteroatoms. The minimum Gasteiger partial charge on any atom is -0.309 e. The summed E-state index contributed by atoms with van der Waals surface area (Å²) in [7, 11) is 0. The predicted octanol–water partition coefficient (Wildman–Crippen LogP) is 28.4. The molecule has 11 heterocycles. The van der Waals surface area contributed by atoms with Gasteiger partial charge in [0.25, 0.3) is 0 Å². The Hall–Kier alpha value is -15.6. The minimum absolute atomic E-state index is 0.900. The molecule has 0 saturated heterocycles. The fourth-order valence-corrected chi connectivity index (χ4v) is 20.1. The zero-order chi connectivity index (χ0) is 75.8. The summed E-state index contributed by atoms with van der Waals surface area (Å²) in [6.45, 7) is 0. The first-order valence-corrected chi connectivity index (χ1v) is 39.7. The number of hydrogen-bond acceptors (Lipinski definition) is 4. The fourth-order valence-electron chi connectivity index (χ4n) is 20.1. The van der Waals surface area contributed by atoms with Gasteiger partial charge in [-0.15, -0.1) is 0 Å². The minimum atomic E-state index is 0.900. The van der Waals surface area contributed by atoms with Gasteiger partial charge in [0.05, 0.1) is 60.7 Å². The summed E-state index contributed by atoms with van der Waals surface area (Å²) in [4.78, 5) is 19.3. The molecule has 17 aromatic carbocycles. The summed E-state index contributed by atoms with van der Waals surface area (Å²) in [5.74, 6) is 0. The molecule has 8 nitrogen and oxygen atoms in total. The summed E-state index contributed by atoms with van der Waals surface area (Å²) >= 11 is 0. The van der Waals surface area contributed by atoms with E-state index in [9.17, 15) is 0 Å². The Morgan fingerprint density at radius 2 is 0.379 bits per heavy atom. The smallest absolute Gasteiger partial charge is 0.164 e. The van der Waals surface area contributed by atoms with E-state index < -0.39 is 0 Å². The molecule has 0 radical (unpaired) electrons. The van der Waals surface area contributed by atoms with Crippen molar-refractivity contribution in [2.45, 2.75) is 0 Å². The van der Waals surface area contributed by atoms with Crippen molar-refractivity contribution in [1.82, 2.24) is 37.5 Å². The highest BCUT2D eigenvalue weighted by Crippen LogP contribution is 2.48. The van der Waals surface area contributed by atoms with E-state index in [4.69, 9.17) is 19.9 Å². The van der Waals surface area contributed by atoms with Gasteiger partial charge in [-0.05, 0) is 165 Å². The Balaban J connectivity index is 0.0000000866. The Morgan fingerprint density at radius 3 is 0.802 bits per heavy atom. The number of rotatable bonds is 0. The quantitative estimate of drug-likeness (QED) is 0.142. The molecule has 116 heavy (non-hydrogen) atoms. The summed E-state index contributed by atoms with van der Waals surface area (Å²) < 4.78 is 9.41. The number of hydrogen-bond donors (Lipinski definition) is 0. The number of para-hydroxylation sites is 5. The lowest BCUT2D eigenvalue weighted by Crippen LogP contribution is -1.96. The molecule has 0 spiro atoms. The zero-order valence-corrected chi connectivity index (χ0v) is 62.5. The molecule has 0 aliphatic carbocycles. The van der Waals surface area contributed by atoms with Crippen molar-refractivity contribution in [2.75, 3.05) is 0 Å². The largest absolute Gasteiger partial charge is 0.309 e. The van der Waals surface area contributed by atoms with Crippen LogP contribution >= 0.6 is 0 Å². The lowest BCUT2D eigenvalue weighted by molar-refractivity contribution is 1.21. The molecule has 28 rings (SSSR count). The first-order valence-electron chi connectivity index (χ1n) is 39.7. The Labute approximate surface area is 661 Å². The van der Waals surface area contributed by atoms with Crippen molar-refractivity contribution in [3.05, 3.63) is 389 Å². The maximum Gasteiger partial charge on any atom is 0.164 e. The maximum atomic E-state index is 4.88. The first-order chi connectivity index (χ1) is 57.7. The standard InChI is InChI=1S/C28H17N.2C27H16N2.C26H15N3/c1-7-15-24-18(9-1)17-26-28-22-13-5-3-11-20(22)19-10-2-4-12-21(19)27(28)23-14-6-8-16-25(23)29(24)26;1-6-14-23-17(8-1)16-24-26-21-12-5-3-10-19(21)18-9-2-4-11-20(18)25(26)22-13-7-15-28-27(22)29(23)24;1-6-13-22-17(8-1)16-24-25-20-11-4-2-9-18(20)19-10-3-5-12-21(19)26(25)27-23(29(22)24)14-7-15-28-27;1-6-12-21-16(7-1)15-22-23-19-10-4-2-8-17(19)18-9-3-5-11-20(18)24(23)25-26(29(21)22)28-14-13-27-25/h1-17H;2*1-16H;1-15H. The van der Waals surface area contributed by atoms with Gasteiger partial charge in [0.15, 0.2) is 5.65 Å². The Morgan fingerprint density at radius 1 is 0.138 bits per heavy atom. The number of pyridine rings is 6. The highest BCUT2D eigenvalue weighted by atomic mass is 15.0. The van der Waals surface area contributed by atoms with Gasteiger partial charge in [-0.2, -0.15) is 0 Å². The average molecular weight is 1470 g/mol. The highest BCUT2D eigenvalue weighted by molar-refractivity contribution is 6.39. The van der Waals surface area contributed by atoms with Crippen molar-refractivity contribution in [3.63, 3.8) is 0 Å². The van der Waals surface area contributed by atoms with Crippen LogP contribution in [-0.2, 0) is 0 Å². The van der Waals surface area contributed by atoms with E-state index in [-0.39, 0.29) is 0 Å². The second-order valence-corrected chi connectivity index (χ2v) is 30.6. The van der Waals surface area contributed by atoms with Crippen LogP contribution in [0.1, 0.15) is 0 Å². The van der Waals surface area contributed by atoms with Crippen LogP contribution in [0.5, 0.6) is 0 Å². The van der Waals surface area contributed by atoms with Gasteiger partial charge in [-0.3, -0.25) is 18.8 Å². The number of fused-ring (bicyclic) bond motifs is 52. The normalized spacial score (nSPS) is 12.1. The molecular formula is C108H64N8. The predicted molar refractivity (Wildman–Crippen MR) is 491 cm³/mol. The molecule has 0 saturated carbocycles. The summed E-state index contributed by atoms with van der Waals surface area (Å²) in [6, 6.07) is 131. The number of benzene rings is 17. The lowest BCUT2D eigenvalue weighted by atomic mass is 9.92. The summed E-state index contributed by atoms with van der Waals surface area (Å²) in [6.07, 6.45) is 7.38. The number of aromatic nitrogens is 8. The highest BCUT2D eigenvalue weighted by Gasteiger charge is 2.24. The van der Waals surface area contributed by atoms with Crippen molar-refractivity contribution < 1.29 is 0 Å². The molecular weight excluding hydrogens is 1410 g/mol. The Kier molecular flexibility index (Phi) is 13.8. The van der Waals surface area contributed by atoms with Crippen molar-refractivity contribution in [1.29, 1.82) is 0 Å². The van der Waals surface area contributed by atoms with Gasteiger partial charge in [0.2, 0.25) is 0 Å². The topological polar surface area (TPSA) is 69.2 Å². The molecule has 536 valence electrons. The van der Waals surface area contributed by atoms with Gasteiger partial charge < -0.3 is 8.80 Å². The molecule has 0 aliphatic rings. The average Bonchev–Trinajstić information content (AvgIpc) is 1.44. The van der Waals surface area contributed by atoms with E-state index in [1.165, 1.54) is 206 Å². The van der Waals surface area contributed by atoms with Crippen LogP contribution in [-0.4, -0.2) is 37.5 Å². The monoisotopic (exact) mass is 1470 g/mol. The van der Waals surface area contributed by atoms with Crippen molar-refractivity contribution >= 4 is 239 Å². The van der Waals surface area contributed by atoms with E-state index in [1.54, 1.807) is 12.4 Å². The molecule has 0 aliphatic heterocycles. The summed E-state index contributed by atoms with van der Waals surface area (Å²) in [5.41, 5.74) is 16.1. The fraction of sp³-hybridized carbons (Fsp3) is 0. The molecule has 0 N–H and O–H groups in total. The molecule has 0 atom stereocenters. The zero-order valence-electron chi connectivity index (χ0n) is 62.5. The van der Waals surface area contributed by atoms with E-state index in [0.29, 0.717) is 0 Å². The van der Waals surface area contributed by atoms with E-state index in [2.05, 4.69) is 369 Å². The van der Waals surface area contributed by atoms with Crippen LogP contribution in [0.25, 0.3) is 239 Å². The molecule has 11 aromatic heterocycles. The van der Waals surface area contributed by atoms with Gasteiger partial charge in [0, 0.05) is 100 Å². The SMILES string of the molecule is c1ccc2c(c1)cc1c3c4ccccc4c4ccccc4c3c3ccccc3n21.c1ccc2c(c1)cc1c3c4ccccc4c4ccccc4c3c3cccnc3n21.c1ccc2c(c1)cc1c3c4ccccc4c4ccccc4c3c3ncccc3n21.c1ccc2c(c1)cc1c3c4ccccc4c4ccccc4c3c3nccnc3n21. The third-order valence-corrected chi connectivity index (χ3v) is 24.7. The third-order valence-electron chi connectivity index (χ3n) is 24.7. The molecule has 0 fully saturated rings. The van der Waals surface area contributed by atoms with Crippen LogP contribution < -0.4 is 0 Å².